The van der Waals surface area contributed by atoms with Gasteiger partial charge in [0.2, 0.25) is 0 Å². The lowest BCUT2D eigenvalue weighted by Gasteiger charge is -2.18. The number of rotatable bonds is 3. The maximum absolute atomic E-state index is 4.15. The SMILES string of the molecule is CCN(CS)/C(C)=N\CS. The van der Waals surface area contributed by atoms with Crippen LogP contribution in [0, 0.1) is 0 Å². The Morgan fingerprint density at radius 3 is 2.40 bits per heavy atom. The van der Waals surface area contributed by atoms with Gasteiger partial charge in [-0.15, -0.1) is 0 Å². The zero-order valence-electron chi connectivity index (χ0n) is 6.41. The standard InChI is InChI=1S/C6H14N2S2/c1-3-8(5-10)6(2)7-4-9/h9-10H,3-5H2,1-2H3/b7-6-. The van der Waals surface area contributed by atoms with Crippen molar-refractivity contribution in [2.45, 2.75) is 13.8 Å². The second-order valence-corrected chi connectivity index (χ2v) is 2.41. The fraction of sp³-hybridized carbons (Fsp3) is 0.833. The summed E-state index contributed by atoms with van der Waals surface area (Å²) in [4.78, 5) is 6.19. The van der Waals surface area contributed by atoms with Gasteiger partial charge in [-0.05, 0) is 13.8 Å². The Bertz CT molecular complexity index is 110. The Hall–Kier alpha value is 0.170. The zero-order valence-corrected chi connectivity index (χ0v) is 8.20. The van der Waals surface area contributed by atoms with E-state index < -0.39 is 0 Å². The van der Waals surface area contributed by atoms with E-state index in [1.165, 1.54) is 0 Å². The number of hydrogen-bond donors (Lipinski definition) is 2. The summed E-state index contributed by atoms with van der Waals surface area (Å²) in [6.07, 6.45) is 0. The van der Waals surface area contributed by atoms with Gasteiger partial charge < -0.3 is 4.90 Å². The molecule has 0 atom stereocenters. The first-order valence-corrected chi connectivity index (χ1v) is 4.50. The van der Waals surface area contributed by atoms with Gasteiger partial charge in [-0.2, -0.15) is 25.3 Å². The second kappa shape index (κ2) is 5.92. The Kier molecular flexibility index (Phi) is 6.02. The normalized spacial score (nSPS) is 11.8. The highest BCUT2D eigenvalue weighted by Gasteiger charge is 1.98. The average Bonchev–Trinajstić information content (AvgIpc) is 1.91. The third-order valence-electron chi connectivity index (χ3n) is 1.31. The topological polar surface area (TPSA) is 15.6 Å². The van der Waals surface area contributed by atoms with Crippen LogP contribution in [0.3, 0.4) is 0 Å². The van der Waals surface area contributed by atoms with Gasteiger partial charge in [0.1, 0.15) is 0 Å². The molecule has 0 aromatic rings. The fourth-order valence-electron chi connectivity index (χ4n) is 0.633. The minimum Gasteiger partial charge on any atom is -0.352 e. The van der Waals surface area contributed by atoms with Gasteiger partial charge in [-0.25, -0.2) is 0 Å². The van der Waals surface area contributed by atoms with Gasteiger partial charge in [-0.3, -0.25) is 4.99 Å². The summed E-state index contributed by atoms with van der Waals surface area (Å²) in [5, 5.41) is 0. The van der Waals surface area contributed by atoms with Crippen molar-refractivity contribution in [2.24, 2.45) is 4.99 Å². The highest BCUT2D eigenvalue weighted by Crippen LogP contribution is 1.93. The molecule has 0 aliphatic rings. The molecule has 0 unspecified atom stereocenters. The Balaban J connectivity index is 3.87. The quantitative estimate of drug-likeness (QED) is 0.290. The molecule has 0 rings (SSSR count). The molecule has 0 bridgehead atoms. The zero-order chi connectivity index (χ0) is 7.98. The Morgan fingerprint density at radius 1 is 1.50 bits per heavy atom. The van der Waals surface area contributed by atoms with Crippen LogP contribution in [0.25, 0.3) is 0 Å². The minimum atomic E-state index is 0.552. The molecule has 0 spiro atoms. The van der Waals surface area contributed by atoms with E-state index in [0.717, 1.165) is 18.3 Å². The first-order valence-electron chi connectivity index (χ1n) is 3.24. The number of hydrogen-bond acceptors (Lipinski definition) is 3. The van der Waals surface area contributed by atoms with Gasteiger partial charge in [-0.1, -0.05) is 0 Å². The molecule has 0 saturated carbocycles. The summed E-state index contributed by atoms with van der Waals surface area (Å²) in [5.41, 5.74) is 0. The van der Waals surface area contributed by atoms with E-state index in [4.69, 9.17) is 0 Å². The van der Waals surface area contributed by atoms with Crippen LogP contribution in [0.1, 0.15) is 13.8 Å². The van der Waals surface area contributed by atoms with Gasteiger partial charge in [0.25, 0.3) is 0 Å². The van der Waals surface area contributed by atoms with Crippen LogP contribution in [0.5, 0.6) is 0 Å². The van der Waals surface area contributed by atoms with Crippen molar-refractivity contribution in [1.82, 2.24) is 4.90 Å². The monoisotopic (exact) mass is 178 g/mol. The molecule has 0 fully saturated rings. The van der Waals surface area contributed by atoms with Crippen LogP contribution in [0.15, 0.2) is 4.99 Å². The van der Waals surface area contributed by atoms with Crippen molar-refractivity contribution in [3.05, 3.63) is 0 Å². The van der Waals surface area contributed by atoms with Crippen molar-refractivity contribution >= 4 is 31.1 Å². The van der Waals surface area contributed by atoms with Gasteiger partial charge in [0.15, 0.2) is 0 Å². The van der Waals surface area contributed by atoms with E-state index in [2.05, 4.69) is 42.1 Å². The second-order valence-electron chi connectivity index (χ2n) is 1.84. The average molecular weight is 178 g/mol. The Morgan fingerprint density at radius 2 is 2.10 bits per heavy atom. The van der Waals surface area contributed by atoms with E-state index in [1.54, 1.807) is 0 Å². The van der Waals surface area contributed by atoms with Gasteiger partial charge in [0.05, 0.1) is 17.6 Å². The summed E-state index contributed by atoms with van der Waals surface area (Å²) < 4.78 is 0. The minimum absolute atomic E-state index is 0.552. The highest BCUT2D eigenvalue weighted by molar-refractivity contribution is 7.80. The summed E-state index contributed by atoms with van der Waals surface area (Å²) >= 11 is 8.14. The molecule has 2 nitrogen and oxygen atoms in total. The van der Waals surface area contributed by atoms with Crippen LogP contribution in [0.4, 0.5) is 0 Å². The third kappa shape index (κ3) is 3.37. The number of thiol groups is 2. The van der Waals surface area contributed by atoms with Gasteiger partial charge in [0, 0.05) is 6.54 Å². The molecule has 10 heavy (non-hydrogen) atoms. The van der Waals surface area contributed by atoms with Crippen LogP contribution >= 0.6 is 25.3 Å². The van der Waals surface area contributed by atoms with Crippen LogP contribution in [-0.2, 0) is 0 Å². The summed E-state index contributed by atoms with van der Waals surface area (Å²) in [6, 6.07) is 0. The van der Waals surface area contributed by atoms with Crippen LogP contribution in [0.2, 0.25) is 0 Å². The Labute approximate surface area is 73.5 Å². The number of amidine groups is 1. The molecule has 0 aliphatic carbocycles. The van der Waals surface area contributed by atoms with E-state index in [-0.39, 0.29) is 0 Å². The highest BCUT2D eigenvalue weighted by atomic mass is 32.1. The molecule has 0 heterocycles. The van der Waals surface area contributed by atoms with E-state index in [9.17, 15) is 0 Å². The summed E-state index contributed by atoms with van der Waals surface area (Å²) in [7, 11) is 0. The molecule has 0 amide bonds. The molecule has 4 heteroatoms. The van der Waals surface area contributed by atoms with Crippen molar-refractivity contribution in [3.8, 4) is 0 Å². The fourth-order valence-corrected chi connectivity index (χ4v) is 1.24. The first-order chi connectivity index (χ1) is 4.76. The summed E-state index contributed by atoms with van der Waals surface area (Å²) in [5.74, 6) is 2.28. The number of nitrogens with zero attached hydrogens (tertiary/aromatic N) is 2. The van der Waals surface area contributed by atoms with Crippen molar-refractivity contribution in [1.29, 1.82) is 0 Å². The molecule has 60 valence electrons. The predicted octanol–water partition coefficient (Wildman–Crippen LogP) is 1.50. The van der Waals surface area contributed by atoms with E-state index in [1.807, 2.05) is 6.92 Å². The van der Waals surface area contributed by atoms with Crippen LogP contribution in [-0.4, -0.2) is 29.0 Å². The smallest absolute Gasteiger partial charge is 0.0974 e. The molecular formula is C6H14N2S2. The molecule has 0 radical (unpaired) electrons. The molecule has 0 aromatic heterocycles. The third-order valence-corrected chi connectivity index (χ3v) is 1.79. The van der Waals surface area contributed by atoms with E-state index in [0.29, 0.717) is 5.88 Å². The van der Waals surface area contributed by atoms with Gasteiger partial charge >= 0.3 is 0 Å². The first kappa shape index (κ1) is 10.2. The predicted molar refractivity (Wildman–Crippen MR) is 53.2 cm³/mol. The maximum atomic E-state index is 4.15. The van der Waals surface area contributed by atoms with Crippen LogP contribution < -0.4 is 0 Å². The largest absolute Gasteiger partial charge is 0.352 e. The van der Waals surface area contributed by atoms with Crippen molar-refractivity contribution in [2.75, 3.05) is 18.3 Å². The lowest BCUT2D eigenvalue weighted by molar-refractivity contribution is 0.514. The lowest BCUT2D eigenvalue weighted by Crippen LogP contribution is -2.27. The lowest BCUT2D eigenvalue weighted by atomic mass is 10.5. The van der Waals surface area contributed by atoms with E-state index >= 15 is 0 Å². The molecule has 0 N–H and O–H groups in total. The molecular weight excluding hydrogens is 164 g/mol. The van der Waals surface area contributed by atoms with Crippen molar-refractivity contribution < 1.29 is 0 Å². The number of aliphatic imine (C=N–C) groups is 1. The molecule has 0 aliphatic heterocycles. The summed E-state index contributed by atoms with van der Waals surface area (Å²) in [6.45, 7) is 5.00. The van der Waals surface area contributed by atoms with Crippen molar-refractivity contribution in [3.63, 3.8) is 0 Å². The molecule has 0 aromatic carbocycles. The molecule has 0 saturated heterocycles. The maximum Gasteiger partial charge on any atom is 0.0974 e.